The lowest BCUT2D eigenvalue weighted by Crippen LogP contribution is -2.12. The largest absolute Gasteiger partial charge is 0.497 e. The molecule has 24 heavy (non-hydrogen) atoms. The summed E-state index contributed by atoms with van der Waals surface area (Å²) in [6.45, 7) is 1.94. The third kappa shape index (κ3) is 3.16. The van der Waals surface area contributed by atoms with Crippen LogP contribution in [0, 0.1) is 6.92 Å². The third-order valence-corrected chi connectivity index (χ3v) is 4.85. The van der Waals surface area contributed by atoms with Gasteiger partial charge in [-0.15, -0.1) is 0 Å². The Labute approximate surface area is 144 Å². The Morgan fingerprint density at radius 3 is 2.38 bits per heavy atom. The third-order valence-electron chi connectivity index (χ3n) is 3.84. The van der Waals surface area contributed by atoms with E-state index in [9.17, 15) is 4.79 Å². The molecule has 0 N–H and O–H groups in total. The van der Waals surface area contributed by atoms with E-state index in [2.05, 4.69) is 4.99 Å². The number of hydrogen-bond acceptors (Lipinski definition) is 4. The topological polar surface area (TPSA) is 43.6 Å². The van der Waals surface area contributed by atoms with Gasteiger partial charge < -0.3 is 8.69 Å². The van der Waals surface area contributed by atoms with Gasteiger partial charge in [0.05, 0.1) is 18.4 Å². The Morgan fingerprint density at radius 2 is 1.75 bits per heavy atom. The Kier molecular flexibility index (Phi) is 4.62. The van der Waals surface area contributed by atoms with Crippen molar-refractivity contribution in [1.82, 2.24) is 3.96 Å². The van der Waals surface area contributed by atoms with Crippen molar-refractivity contribution >= 4 is 23.0 Å². The van der Waals surface area contributed by atoms with Crippen LogP contribution < -0.4 is 9.41 Å². The number of aryl methyl sites for hydroxylation is 1. The number of methoxy groups -OCH3 is 1. The van der Waals surface area contributed by atoms with E-state index in [1.54, 1.807) is 7.11 Å². The molecule has 0 aliphatic carbocycles. The molecular weight excluding hydrogens is 320 g/mol. The van der Waals surface area contributed by atoms with Gasteiger partial charge in [-0.2, -0.15) is 0 Å². The molecule has 5 heteroatoms. The first-order valence-electron chi connectivity index (χ1n) is 7.55. The van der Waals surface area contributed by atoms with E-state index in [0.717, 1.165) is 17.1 Å². The van der Waals surface area contributed by atoms with Crippen LogP contribution in [-0.2, 0) is 7.05 Å². The highest BCUT2D eigenvalue weighted by Crippen LogP contribution is 2.19. The van der Waals surface area contributed by atoms with Gasteiger partial charge in [-0.25, -0.2) is 4.99 Å². The van der Waals surface area contributed by atoms with E-state index in [1.807, 2.05) is 72.5 Å². The Bertz CT molecular complexity index is 922. The molecule has 1 heterocycles. The minimum atomic E-state index is -0.00258. The van der Waals surface area contributed by atoms with Gasteiger partial charge in [0.15, 0.2) is 5.78 Å². The molecule has 0 saturated heterocycles. The summed E-state index contributed by atoms with van der Waals surface area (Å²) in [5.74, 6) is 0.777. The molecule has 0 atom stereocenters. The zero-order valence-electron chi connectivity index (χ0n) is 13.8. The molecule has 3 aromatic rings. The fraction of sp³-hybridized carbons (Fsp3) is 0.158. The van der Waals surface area contributed by atoms with Crippen LogP contribution in [0.1, 0.15) is 21.6 Å². The number of ether oxygens (including phenoxy) is 1. The fourth-order valence-corrected chi connectivity index (χ4v) is 3.37. The number of nitrogens with zero attached hydrogens (tertiary/aromatic N) is 2. The molecule has 0 fully saturated rings. The van der Waals surface area contributed by atoms with Crippen molar-refractivity contribution in [2.24, 2.45) is 12.0 Å². The highest BCUT2D eigenvalue weighted by Gasteiger charge is 2.18. The lowest BCUT2D eigenvalue weighted by molar-refractivity contribution is 0.103. The molecule has 0 unspecified atom stereocenters. The second-order valence-corrected chi connectivity index (χ2v) is 6.48. The monoisotopic (exact) mass is 338 g/mol. The second-order valence-electron chi connectivity index (χ2n) is 5.36. The summed E-state index contributed by atoms with van der Waals surface area (Å²) in [5, 5.41) is 0. The second kappa shape index (κ2) is 6.84. The molecule has 0 saturated carbocycles. The van der Waals surface area contributed by atoms with Gasteiger partial charge in [0.1, 0.15) is 10.4 Å². The number of hydrogen-bond donors (Lipinski definition) is 0. The van der Waals surface area contributed by atoms with Crippen LogP contribution in [0.3, 0.4) is 0 Å². The first kappa shape index (κ1) is 16.2. The van der Waals surface area contributed by atoms with Crippen molar-refractivity contribution in [1.29, 1.82) is 0 Å². The summed E-state index contributed by atoms with van der Waals surface area (Å²) in [6, 6.07) is 16.8. The Balaban J connectivity index is 2.10. The van der Waals surface area contributed by atoms with Crippen LogP contribution in [0.25, 0.3) is 0 Å². The summed E-state index contributed by atoms with van der Waals surface area (Å²) in [4.78, 5) is 17.6. The fourth-order valence-electron chi connectivity index (χ4n) is 2.40. The van der Waals surface area contributed by atoms with E-state index in [4.69, 9.17) is 4.74 Å². The van der Waals surface area contributed by atoms with Gasteiger partial charge in [0.2, 0.25) is 0 Å². The standard InChI is InChI=1S/C19H18N2O2S/c1-13-17(18(22)14-7-5-4-6-8-14)19(24-21(13)2)20-15-9-11-16(23-3)12-10-15/h4-12H,1-3H3. The summed E-state index contributed by atoms with van der Waals surface area (Å²) < 4.78 is 7.85. The van der Waals surface area contributed by atoms with Gasteiger partial charge in [0.25, 0.3) is 0 Å². The van der Waals surface area contributed by atoms with Gasteiger partial charge in [-0.1, -0.05) is 30.3 Å². The summed E-state index contributed by atoms with van der Waals surface area (Å²) >= 11 is 1.47. The molecule has 3 rings (SSSR count). The predicted molar refractivity (Wildman–Crippen MR) is 96.1 cm³/mol. The average molecular weight is 338 g/mol. The maximum atomic E-state index is 12.9. The zero-order valence-corrected chi connectivity index (χ0v) is 14.6. The van der Waals surface area contributed by atoms with Crippen molar-refractivity contribution < 1.29 is 9.53 Å². The highest BCUT2D eigenvalue weighted by molar-refractivity contribution is 7.04. The van der Waals surface area contributed by atoms with Crippen LogP contribution in [-0.4, -0.2) is 16.8 Å². The number of ketones is 1. The van der Waals surface area contributed by atoms with Gasteiger partial charge in [0, 0.05) is 18.3 Å². The molecule has 4 nitrogen and oxygen atoms in total. The first-order chi connectivity index (χ1) is 11.6. The summed E-state index contributed by atoms with van der Waals surface area (Å²) in [6.07, 6.45) is 0. The van der Waals surface area contributed by atoms with Crippen molar-refractivity contribution in [3.8, 4) is 5.75 Å². The number of benzene rings is 2. The molecule has 0 amide bonds. The van der Waals surface area contributed by atoms with Gasteiger partial charge in [-0.05, 0) is 42.7 Å². The van der Waals surface area contributed by atoms with Crippen LogP contribution in [0.4, 0.5) is 5.69 Å². The normalized spacial score (nSPS) is 11.5. The minimum absolute atomic E-state index is 0.00258. The molecule has 0 radical (unpaired) electrons. The molecule has 1 aromatic heterocycles. The SMILES string of the molecule is COc1ccc(N=c2sn(C)c(C)c2C(=O)c2ccccc2)cc1. The zero-order chi connectivity index (χ0) is 17.1. The molecule has 0 aliphatic rings. The maximum Gasteiger partial charge on any atom is 0.197 e. The summed E-state index contributed by atoms with van der Waals surface area (Å²) in [7, 11) is 3.57. The predicted octanol–water partition coefficient (Wildman–Crippen LogP) is 3.87. The van der Waals surface area contributed by atoms with Crippen molar-refractivity contribution in [2.75, 3.05) is 7.11 Å². The number of carbonyl (C=O) groups excluding carboxylic acids is 1. The van der Waals surface area contributed by atoms with Crippen LogP contribution in [0.15, 0.2) is 59.6 Å². The number of carbonyl (C=O) groups is 1. The number of rotatable bonds is 4. The molecule has 122 valence electrons. The van der Waals surface area contributed by atoms with Crippen molar-refractivity contribution in [3.63, 3.8) is 0 Å². The molecule has 0 bridgehead atoms. The molecular formula is C19H18N2O2S. The van der Waals surface area contributed by atoms with E-state index in [0.29, 0.717) is 15.8 Å². The Morgan fingerprint density at radius 1 is 1.08 bits per heavy atom. The van der Waals surface area contributed by atoms with Crippen molar-refractivity contribution in [3.05, 3.63) is 76.1 Å². The van der Waals surface area contributed by atoms with Crippen molar-refractivity contribution in [2.45, 2.75) is 6.92 Å². The molecule has 0 aliphatic heterocycles. The van der Waals surface area contributed by atoms with Crippen LogP contribution >= 0.6 is 11.5 Å². The van der Waals surface area contributed by atoms with Crippen LogP contribution in [0.5, 0.6) is 5.75 Å². The number of aromatic nitrogens is 1. The van der Waals surface area contributed by atoms with Gasteiger partial charge >= 0.3 is 0 Å². The highest BCUT2D eigenvalue weighted by atomic mass is 32.1. The lowest BCUT2D eigenvalue weighted by Gasteiger charge is -2.01. The van der Waals surface area contributed by atoms with Crippen LogP contribution in [0.2, 0.25) is 0 Å². The van der Waals surface area contributed by atoms with Gasteiger partial charge in [-0.3, -0.25) is 4.79 Å². The lowest BCUT2D eigenvalue weighted by atomic mass is 10.0. The van der Waals surface area contributed by atoms with E-state index in [1.165, 1.54) is 11.5 Å². The minimum Gasteiger partial charge on any atom is -0.497 e. The Hall–Kier alpha value is -2.66. The molecule has 0 spiro atoms. The first-order valence-corrected chi connectivity index (χ1v) is 8.33. The molecule has 2 aromatic carbocycles. The average Bonchev–Trinajstić information content (AvgIpc) is 2.89. The quantitative estimate of drug-likeness (QED) is 0.678. The van der Waals surface area contributed by atoms with E-state index >= 15 is 0 Å². The van der Waals surface area contributed by atoms with E-state index in [-0.39, 0.29) is 5.78 Å². The summed E-state index contributed by atoms with van der Waals surface area (Å²) in [5.41, 5.74) is 3.04. The smallest absolute Gasteiger partial charge is 0.197 e. The maximum absolute atomic E-state index is 12.9. The van der Waals surface area contributed by atoms with E-state index < -0.39 is 0 Å².